The van der Waals surface area contributed by atoms with Gasteiger partial charge in [-0.15, -0.1) is 0 Å². The van der Waals surface area contributed by atoms with Crippen LogP contribution in [-0.4, -0.2) is 5.91 Å². The molecule has 24 heavy (non-hydrogen) atoms. The van der Waals surface area contributed by atoms with E-state index in [2.05, 4.69) is 10.6 Å². The van der Waals surface area contributed by atoms with Crippen molar-refractivity contribution in [1.82, 2.24) is 0 Å². The molecule has 0 bridgehead atoms. The Morgan fingerprint density at radius 1 is 1.04 bits per heavy atom. The number of anilines is 2. The van der Waals surface area contributed by atoms with Gasteiger partial charge in [0.15, 0.2) is 0 Å². The monoisotopic (exact) mass is 359 g/mol. The van der Waals surface area contributed by atoms with Crippen molar-refractivity contribution in [3.8, 4) is 6.07 Å². The molecular weight excluding hydrogens is 345 g/mol. The van der Waals surface area contributed by atoms with Gasteiger partial charge in [-0.2, -0.15) is 5.26 Å². The third-order valence-corrected chi connectivity index (χ3v) is 4.17. The number of nitriles is 1. The molecule has 0 fully saturated rings. The van der Waals surface area contributed by atoms with Crippen molar-refractivity contribution in [2.45, 2.75) is 13.8 Å². The van der Waals surface area contributed by atoms with Gasteiger partial charge in [0.05, 0.1) is 10.0 Å². The standard InChI is InChI=1S/C18H15Cl2N3O/c1-11-3-4-14(7-12(11)2)22-10-13(9-21)18(24)23-15-5-6-16(19)17(20)8-15/h3-8,10,22H,1-2H3,(H,23,24)/b13-10-. The Balaban J connectivity index is 2.11. The molecule has 0 aliphatic rings. The molecule has 0 heterocycles. The van der Waals surface area contributed by atoms with Gasteiger partial charge in [0, 0.05) is 17.6 Å². The Kier molecular flexibility index (Phi) is 5.86. The number of benzene rings is 2. The third kappa shape index (κ3) is 4.51. The van der Waals surface area contributed by atoms with E-state index in [0.717, 1.165) is 11.3 Å². The van der Waals surface area contributed by atoms with Crippen LogP contribution in [0.2, 0.25) is 10.0 Å². The number of nitrogens with one attached hydrogen (secondary N) is 2. The minimum absolute atomic E-state index is 0.0562. The van der Waals surface area contributed by atoms with Crippen molar-refractivity contribution < 1.29 is 4.79 Å². The summed E-state index contributed by atoms with van der Waals surface area (Å²) >= 11 is 11.7. The molecule has 2 aromatic carbocycles. The van der Waals surface area contributed by atoms with E-state index in [1.165, 1.54) is 17.8 Å². The average Bonchev–Trinajstić information content (AvgIpc) is 2.55. The molecule has 0 aromatic heterocycles. The first kappa shape index (κ1) is 17.9. The quantitative estimate of drug-likeness (QED) is 0.591. The fraction of sp³-hybridized carbons (Fsp3) is 0.111. The Morgan fingerprint density at radius 3 is 2.38 bits per heavy atom. The number of carbonyl (C=O) groups is 1. The van der Waals surface area contributed by atoms with Crippen LogP contribution >= 0.6 is 23.2 Å². The van der Waals surface area contributed by atoms with Gasteiger partial charge in [-0.25, -0.2) is 0 Å². The minimum Gasteiger partial charge on any atom is -0.360 e. The Morgan fingerprint density at radius 2 is 1.75 bits per heavy atom. The summed E-state index contributed by atoms with van der Waals surface area (Å²) in [5, 5.41) is 15.5. The minimum atomic E-state index is -0.535. The first-order valence-electron chi connectivity index (χ1n) is 7.11. The van der Waals surface area contributed by atoms with Crippen LogP contribution in [0, 0.1) is 25.2 Å². The molecule has 0 radical (unpaired) electrons. The van der Waals surface area contributed by atoms with Gasteiger partial charge in [0.2, 0.25) is 0 Å². The second-order valence-corrected chi connectivity index (χ2v) is 6.01. The number of halogens is 2. The van der Waals surface area contributed by atoms with Crippen molar-refractivity contribution in [1.29, 1.82) is 5.26 Å². The van der Waals surface area contributed by atoms with Crippen LogP contribution in [0.3, 0.4) is 0 Å². The summed E-state index contributed by atoms with van der Waals surface area (Å²) in [4.78, 5) is 12.2. The van der Waals surface area contributed by atoms with E-state index < -0.39 is 5.91 Å². The van der Waals surface area contributed by atoms with Crippen molar-refractivity contribution in [3.63, 3.8) is 0 Å². The molecule has 0 spiro atoms. The summed E-state index contributed by atoms with van der Waals surface area (Å²) in [5.41, 5.74) is 3.49. The lowest BCUT2D eigenvalue weighted by Gasteiger charge is -2.07. The first-order chi connectivity index (χ1) is 11.4. The van der Waals surface area contributed by atoms with Gasteiger partial charge < -0.3 is 10.6 Å². The lowest BCUT2D eigenvalue weighted by Crippen LogP contribution is -2.14. The fourth-order valence-corrected chi connectivity index (χ4v) is 2.21. The van der Waals surface area contributed by atoms with Crippen LogP contribution in [0.5, 0.6) is 0 Å². The van der Waals surface area contributed by atoms with Crippen LogP contribution in [-0.2, 0) is 4.79 Å². The molecule has 0 saturated heterocycles. The lowest BCUT2D eigenvalue weighted by atomic mass is 10.1. The maximum Gasteiger partial charge on any atom is 0.267 e. The molecule has 4 nitrogen and oxygen atoms in total. The highest BCUT2D eigenvalue weighted by Gasteiger charge is 2.10. The summed E-state index contributed by atoms with van der Waals surface area (Å²) in [5.74, 6) is -0.535. The second-order valence-electron chi connectivity index (χ2n) is 5.20. The molecule has 0 aliphatic carbocycles. The Hall–Kier alpha value is -2.48. The first-order valence-corrected chi connectivity index (χ1v) is 7.87. The summed E-state index contributed by atoms with van der Waals surface area (Å²) in [6.45, 7) is 4.01. The molecule has 2 N–H and O–H groups in total. The molecule has 122 valence electrons. The highest BCUT2D eigenvalue weighted by molar-refractivity contribution is 6.42. The lowest BCUT2D eigenvalue weighted by molar-refractivity contribution is -0.112. The van der Waals surface area contributed by atoms with Crippen molar-refractivity contribution in [2.24, 2.45) is 0 Å². The average molecular weight is 360 g/mol. The summed E-state index contributed by atoms with van der Waals surface area (Å²) < 4.78 is 0. The number of hydrogen-bond acceptors (Lipinski definition) is 3. The molecule has 0 aliphatic heterocycles. The maximum atomic E-state index is 12.2. The van der Waals surface area contributed by atoms with Gasteiger partial charge in [-0.1, -0.05) is 29.3 Å². The van der Waals surface area contributed by atoms with E-state index in [-0.39, 0.29) is 5.57 Å². The zero-order chi connectivity index (χ0) is 17.7. The molecule has 2 aromatic rings. The smallest absolute Gasteiger partial charge is 0.267 e. The summed E-state index contributed by atoms with van der Waals surface area (Å²) in [6, 6.07) is 12.4. The largest absolute Gasteiger partial charge is 0.360 e. The zero-order valence-corrected chi connectivity index (χ0v) is 14.7. The highest BCUT2D eigenvalue weighted by Crippen LogP contribution is 2.25. The van der Waals surface area contributed by atoms with Crippen LogP contribution in [0.25, 0.3) is 0 Å². The van der Waals surface area contributed by atoms with Gasteiger partial charge in [-0.3, -0.25) is 4.79 Å². The van der Waals surface area contributed by atoms with E-state index in [0.29, 0.717) is 15.7 Å². The normalized spacial score (nSPS) is 10.9. The number of hydrogen-bond donors (Lipinski definition) is 2. The van der Waals surface area contributed by atoms with Crippen molar-refractivity contribution in [2.75, 3.05) is 10.6 Å². The predicted octanol–water partition coefficient (Wildman–Crippen LogP) is 5.07. The van der Waals surface area contributed by atoms with Crippen LogP contribution < -0.4 is 10.6 Å². The highest BCUT2D eigenvalue weighted by atomic mass is 35.5. The number of aryl methyl sites for hydroxylation is 2. The van der Waals surface area contributed by atoms with Gasteiger partial charge in [-0.05, 0) is 55.3 Å². The SMILES string of the molecule is Cc1ccc(N/C=C(/C#N)C(=O)Nc2ccc(Cl)c(Cl)c2)cc1C. The van der Waals surface area contributed by atoms with Gasteiger partial charge >= 0.3 is 0 Å². The van der Waals surface area contributed by atoms with Gasteiger partial charge in [0.1, 0.15) is 11.6 Å². The number of rotatable bonds is 4. The van der Waals surface area contributed by atoms with Gasteiger partial charge in [0.25, 0.3) is 5.91 Å². The fourth-order valence-electron chi connectivity index (χ4n) is 1.91. The van der Waals surface area contributed by atoms with E-state index in [1.807, 2.05) is 38.1 Å². The second kappa shape index (κ2) is 7.87. The van der Waals surface area contributed by atoms with Crippen molar-refractivity contribution >= 4 is 40.5 Å². The van der Waals surface area contributed by atoms with Crippen molar-refractivity contribution in [3.05, 3.63) is 69.3 Å². The Bertz CT molecular complexity index is 854. The molecule has 0 atom stereocenters. The van der Waals surface area contributed by atoms with E-state index in [9.17, 15) is 10.1 Å². The predicted molar refractivity (Wildman–Crippen MR) is 98.3 cm³/mol. The van der Waals surface area contributed by atoms with Crippen LogP contribution in [0.15, 0.2) is 48.2 Å². The third-order valence-electron chi connectivity index (χ3n) is 3.43. The molecule has 0 unspecified atom stereocenters. The number of carbonyl (C=O) groups excluding carboxylic acids is 1. The van der Waals surface area contributed by atoms with E-state index in [4.69, 9.17) is 23.2 Å². The van der Waals surface area contributed by atoms with Crippen LogP contribution in [0.1, 0.15) is 11.1 Å². The van der Waals surface area contributed by atoms with E-state index in [1.54, 1.807) is 12.1 Å². The summed E-state index contributed by atoms with van der Waals surface area (Å²) in [7, 11) is 0. The molecule has 0 saturated carbocycles. The van der Waals surface area contributed by atoms with E-state index >= 15 is 0 Å². The number of nitrogens with zero attached hydrogens (tertiary/aromatic N) is 1. The summed E-state index contributed by atoms with van der Waals surface area (Å²) in [6.07, 6.45) is 1.37. The Labute approximate surface area is 150 Å². The molecule has 1 amide bonds. The van der Waals surface area contributed by atoms with Crippen LogP contribution in [0.4, 0.5) is 11.4 Å². The molecular formula is C18H15Cl2N3O. The molecule has 2 rings (SSSR count). The maximum absolute atomic E-state index is 12.2. The number of amides is 1. The topological polar surface area (TPSA) is 64.9 Å². The zero-order valence-electron chi connectivity index (χ0n) is 13.2. The molecule has 6 heteroatoms.